The van der Waals surface area contributed by atoms with Crippen molar-refractivity contribution in [3.05, 3.63) is 95.0 Å². The molecule has 2 amide bonds. The van der Waals surface area contributed by atoms with E-state index < -0.39 is 11.5 Å². The SMILES string of the molecule is CC(c1ccccc1Cl)N(C(=O)[C@H]1CN(C(=O)OC(C)(C)C)CC[C@@H]1c1cccc(-c2ccccc2)c1)C1CC1. The van der Waals surface area contributed by atoms with Crippen LogP contribution in [0.3, 0.4) is 0 Å². The average molecular weight is 559 g/mol. The summed E-state index contributed by atoms with van der Waals surface area (Å²) in [4.78, 5) is 31.5. The summed E-state index contributed by atoms with van der Waals surface area (Å²) in [5, 5.41) is 0.666. The van der Waals surface area contributed by atoms with Crippen LogP contribution in [-0.2, 0) is 9.53 Å². The van der Waals surface area contributed by atoms with Crippen molar-refractivity contribution in [2.24, 2.45) is 5.92 Å². The van der Waals surface area contributed by atoms with Gasteiger partial charge in [0.2, 0.25) is 5.91 Å². The molecular formula is C34H39ClN2O3. The normalized spacial score (nSPS) is 20.1. The first-order valence-corrected chi connectivity index (χ1v) is 14.7. The van der Waals surface area contributed by atoms with Crippen LogP contribution in [0, 0.1) is 5.92 Å². The summed E-state index contributed by atoms with van der Waals surface area (Å²) in [6.45, 7) is 8.55. The van der Waals surface area contributed by atoms with E-state index in [1.807, 2.05) is 68.1 Å². The molecule has 0 radical (unpaired) electrons. The average Bonchev–Trinajstić information content (AvgIpc) is 3.78. The Morgan fingerprint density at radius 1 is 0.925 bits per heavy atom. The van der Waals surface area contributed by atoms with Gasteiger partial charge in [0.1, 0.15) is 5.60 Å². The third-order valence-electron chi connectivity index (χ3n) is 7.97. The number of carbonyl (C=O) groups excluding carboxylic acids is 2. The van der Waals surface area contributed by atoms with Crippen molar-refractivity contribution in [2.75, 3.05) is 13.1 Å². The minimum atomic E-state index is -0.601. The number of rotatable bonds is 6. The van der Waals surface area contributed by atoms with Crippen molar-refractivity contribution in [3.63, 3.8) is 0 Å². The highest BCUT2D eigenvalue weighted by molar-refractivity contribution is 6.31. The lowest BCUT2D eigenvalue weighted by molar-refractivity contribution is -0.141. The number of benzene rings is 3. The van der Waals surface area contributed by atoms with Gasteiger partial charge < -0.3 is 14.5 Å². The Balaban J connectivity index is 1.49. The van der Waals surface area contributed by atoms with E-state index in [2.05, 4.69) is 43.3 Å². The van der Waals surface area contributed by atoms with Crippen LogP contribution in [-0.4, -0.2) is 46.5 Å². The molecule has 0 aromatic heterocycles. The van der Waals surface area contributed by atoms with Gasteiger partial charge in [0.15, 0.2) is 0 Å². The van der Waals surface area contributed by atoms with Crippen LogP contribution in [0.5, 0.6) is 0 Å². The van der Waals surface area contributed by atoms with E-state index in [1.54, 1.807) is 4.90 Å². The van der Waals surface area contributed by atoms with Crippen LogP contribution in [0.1, 0.15) is 70.0 Å². The van der Waals surface area contributed by atoms with Crippen LogP contribution in [0.25, 0.3) is 11.1 Å². The maximum absolute atomic E-state index is 14.6. The molecule has 1 saturated heterocycles. The molecule has 1 unspecified atom stereocenters. The zero-order chi connectivity index (χ0) is 28.4. The van der Waals surface area contributed by atoms with E-state index in [0.29, 0.717) is 24.5 Å². The van der Waals surface area contributed by atoms with Crippen LogP contribution >= 0.6 is 11.6 Å². The van der Waals surface area contributed by atoms with Crippen molar-refractivity contribution < 1.29 is 14.3 Å². The highest BCUT2D eigenvalue weighted by Crippen LogP contribution is 2.42. The fourth-order valence-corrected chi connectivity index (χ4v) is 6.16. The van der Waals surface area contributed by atoms with Crippen molar-refractivity contribution in [1.29, 1.82) is 0 Å². The third kappa shape index (κ3) is 6.36. The fraction of sp³-hybridized carbons (Fsp3) is 0.412. The predicted octanol–water partition coefficient (Wildman–Crippen LogP) is 8.10. The monoisotopic (exact) mass is 558 g/mol. The summed E-state index contributed by atoms with van der Waals surface area (Å²) < 4.78 is 5.72. The predicted molar refractivity (Wildman–Crippen MR) is 160 cm³/mol. The molecule has 3 aromatic carbocycles. The quantitative estimate of drug-likeness (QED) is 0.307. The molecule has 2 aliphatic rings. The first kappa shape index (κ1) is 28.2. The standard InChI is InChI=1S/C34H39ClN2O3/c1-23(28-15-8-9-16-31(28)35)37(27-17-18-27)32(38)30-22-36(33(39)40-34(2,3)4)20-19-29(30)26-14-10-13-25(21-26)24-11-6-5-7-12-24/h5-16,21,23,27,29-30H,17-20,22H2,1-4H3/t23?,29-,30+/m1/s1. The summed E-state index contributed by atoms with van der Waals surface area (Å²) in [6, 6.07) is 26.6. The number of halogens is 1. The highest BCUT2D eigenvalue weighted by Gasteiger charge is 2.45. The molecule has 0 bridgehead atoms. The number of carbonyl (C=O) groups is 2. The zero-order valence-electron chi connectivity index (χ0n) is 23.8. The summed E-state index contributed by atoms with van der Waals surface area (Å²) >= 11 is 6.60. The molecule has 1 aliphatic heterocycles. The summed E-state index contributed by atoms with van der Waals surface area (Å²) in [5.74, 6) is -0.328. The first-order valence-electron chi connectivity index (χ1n) is 14.3. The van der Waals surface area contributed by atoms with Crippen molar-refractivity contribution in [3.8, 4) is 11.1 Å². The van der Waals surface area contributed by atoms with Crippen molar-refractivity contribution >= 4 is 23.6 Å². The Morgan fingerprint density at radius 3 is 2.27 bits per heavy atom. The molecule has 5 rings (SSSR count). The van der Waals surface area contributed by atoms with E-state index in [1.165, 1.54) is 0 Å². The molecule has 2 fully saturated rings. The van der Waals surface area contributed by atoms with Gasteiger partial charge in [0.05, 0.1) is 12.0 Å². The van der Waals surface area contributed by atoms with Gasteiger partial charge in [-0.15, -0.1) is 0 Å². The molecule has 1 saturated carbocycles. The van der Waals surface area contributed by atoms with Gasteiger partial charge in [0.25, 0.3) is 0 Å². The van der Waals surface area contributed by atoms with Gasteiger partial charge in [-0.2, -0.15) is 0 Å². The number of piperidine rings is 1. The second-order valence-electron chi connectivity index (χ2n) is 12.1. The number of likely N-dealkylation sites (tertiary alicyclic amines) is 1. The molecule has 40 heavy (non-hydrogen) atoms. The van der Waals surface area contributed by atoms with Gasteiger partial charge in [-0.3, -0.25) is 4.79 Å². The molecule has 3 atom stereocenters. The summed E-state index contributed by atoms with van der Waals surface area (Å²) in [5.41, 5.74) is 3.75. The van der Waals surface area contributed by atoms with Crippen LogP contribution in [0.2, 0.25) is 5.02 Å². The minimum Gasteiger partial charge on any atom is -0.444 e. The molecule has 210 valence electrons. The molecule has 0 spiro atoms. The number of ether oxygens (including phenoxy) is 1. The minimum absolute atomic E-state index is 0.0189. The van der Waals surface area contributed by atoms with Crippen molar-refractivity contribution in [1.82, 2.24) is 9.80 Å². The van der Waals surface area contributed by atoms with Gasteiger partial charge in [-0.25, -0.2) is 4.79 Å². The first-order chi connectivity index (χ1) is 19.1. The highest BCUT2D eigenvalue weighted by atomic mass is 35.5. The Bertz CT molecular complexity index is 1350. The lowest BCUT2D eigenvalue weighted by Crippen LogP contribution is -2.51. The second-order valence-corrected chi connectivity index (χ2v) is 12.5. The molecule has 5 nitrogen and oxygen atoms in total. The van der Waals surface area contributed by atoms with E-state index in [-0.39, 0.29) is 30.0 Å². The molecular weight excluding hydrogens is 520 g/mol. The van der Waals surface area contributed by atoms with E-state index in [4.69, 9.17) is 16.3 Å². The van der Waals surface area contributed by atoms with E-state index >= 15 is 0 Å². The van der Waals surface area contributed by atoms with Crippen LogP contribution in [0.4, 0.5) is 4.79 Å². The lowest BCUT2D eigenvalue weighted by Gasteiger charge is -2.42. The topological polar surface area (TPSA) is 49.9 Å². The lowest BCUT2D eigenvalue weighted by atomic mass is 9.78. The molecule has 0 N–H and O–H groups in total. The molecule has 1 aliphatic carbocycles. The summed E-state index contributed by atoms with van der Waals surface area (Å²) in [6.07, 6.45) is 2.29. The Morgan fingerprint density at radius 2 is 1.60 bits per heavy atom. The third-order valence-corrected chi connectivity index (χ3v) is 8.32. The maximum atomic E-state index is 14.6. The fourth-order valence-electron chi connectivity index (χ4n) is 5.87. The number of amides is 2. The van der Waals surface area contributed by atoms with Gasteiger partial charge in [-0.05, 0) is 81.2 Å². The largest absolute Gasteiger partial charge is 0.444 e. The van der Waals surface area contributed by atoms with Crippen molar-refractivity contribution in [2.45, 2.75) is 70.6 Å². The Kier molecular flexibility index (Phi) is 8.23. The molecule has 6 heteroatoms. The van der Waals surface area contributed by atoms with Crippen LogP contribution < -0.4 is 0 Å². The zero-order valence-corrected chi connectivity index (χ0v) is 24.6. The number of hydrogen-bond donors (Lipinski definition) is 0. The van der Waals surface area contributed by atoms with Crippen LogP contribution in [0.15, 0.2) is 78.9 Å². The van der Waals surface area contributed by atoms with Gasteiger partial charge in [-0.1, -0.05) is 84.4 Å². The maximum Gasteiger partial charge on any atom is 0.410 e. The van der Waals surface area contributed by atoms with Gasteiger partial charge >= 0.3 is 6.09 Å². The Hall–Kier alpha value is -3.31. The van der Waals surface area contributed by atoms with E-state index in [0.717, 1.165) is 35.1 Å². The number of hydrogen-bond acceptors (Lipinski definition) is 3. The molecule has 1 heterocycles. The number of nitrogens with zero attached hydrogens (tertiary/aromatic N) is 2. The molecule has 3 aromatic rings. The summed E-state index contributed by atoms with van der Waals surface area (Å²) in [7, 11) is 0. The van der Waals surface area contributed by atoms with Gasteiger partial charge in [0, 0.05) is 24.2 Å². The second kappa shape index (κ2) is 11.7. The van der Waals surface area contributed by atoms with E-state index in [9.17, 15) is 9.59 Å². The smallest absolute Gasteiger partial charge is 0.410 e. The Labute approximate surface area is 243 Å².